The molecule has 108 valence electrons. The van der Waals surface area contributed by atoms with Gasteiger partial charge in [0, 0.05) is 12.6 Å². The number of carbonyl (C=O) groups excluding carboxylic acids is 2. The van der Waals surface area contributed by atoms with Gasteiger partial charge in [0.15, 0.2) is 6.61 Å². The van der Waals surface area contributed by atoms with Crippen LogP contribution in [-0.2, 0) is 16.6 Å². The highest BCUT2D eigenvalue weighted by Crippen LogP contribution is 2.24. The van der Waals surface area contributed by atoms with E-state index < -0.39 is 5.97 Å². The molecular weight excluding hydrogens is 276 g/mol. The molecule has 0 saturated carbocycles. The highest BCUT2D eigenvalue weighted by molar-refractivity contribution is 7.17. The van der Waals surface area contributed by atoms with Gasteiger partial charge in [-0.1, -0.05) is 0 Å². The van der Waals surface area contributed by atoms with Gasteiger partial charge in [-0.3, -0.25) is 4.79 Å². The van der Waals surface area contributed by atoms with Crippen LogP contribution in [0.25, 0.3) is 10.2 Å². The zero-order valence-electron chi connectivity index (χ0n) is 12.0. The van der Waals surface area contributed by atoms with Gasteiger partial charge in [0.25, 0.3) is 5.91 Å². The monoisotopic (exact) mass is 294 g/mol. The molecule has 0 fully saturated rings. The second-order valence-electron chi connectivity index (χ2n) is 5.63. The van der Waals surface area contributed by atoms with Crippen LogP contribution in [0.3, 0.4) is 0 Å². The number of carbonyl (C=O) groups is 2. The molecule has 5 nitrogen and oxygen atoms in total. The lowest BCUT2D eigenvalue weighted by atomic mass is 10.1. The molecule has 0 radical (unpaired) electrons. The maximum atomic E-state index is 12.0. The van der Waals surface area contributed by atoms with E-state index in [1.807, 2.05) is 32.2 Å². The molecule has 0 aliphatic carbocycles. The van der Waals surface area contributed by atoms with Crippen LogP contribution in [-0.4, -0.2) is 28.6 Å². The SMILES string of the molecule is Cn1c(C(=O)OCC(=O)NC(C)(C)C)cc2sccc21. The first kappa shape index (κ1) is 14.6. The van der Waals surface area contributed by atoms with Crippen LogP contribution in [0.1, 0.15) is 31.3 Å². The number of aryl methyl sites for hydroxylation is 1. The van der Waals surface area contributed by atoms with Gasteiger partial charge in [0.2, 0.25) is 0 Å². The Bertz CT molecular complexity index is 649. The summed E-state index contributed by atoms with van der Waals surface area (Å²) in [6.07, 6.45) is 0. The minimum atomic E-state index is -0.486. The topological polar surface area (TPSA) is 60.3 Å². The van der Waals surface area contributed by atoms with Crippen molar-refractivity contribution >= 4 is 33.4 Å². The van der Waals surface area contributed by atoms with Crippen LogP contribution in [0, 0.1) is 0 Å². The normalized spacial score (nSPS) is 11.6. The molecule has 0 aliphatic rings. The average molecular weight is 294 g/mol. The molecule has 0 bridgehead atoms. The molecule has 0 unspecified atom stereocenters. The molecule has 20 heavy (non-hydrogen) atoms. The number of thiophene rings is 1. The first-order chi connectivity index (χ1) is 9.28. The highest BCUT2D eigenvalue weighted by Gasteiger charge is 2.18. The number of hydrogen-bond acceptors (Lipinski definition) is 4. The maximum absolute atomic E-state index is 12.0. The van der Waals surface area contributed by atoms with Gasteiger partial charge in [-0.15, -0.1) is 11.3 Å². The Morgan fingerprint density at radius 1 is 1.40 bits per heavy atom. The Balaban J connectivity index is 2.00. The fraction of sp³-hybridized carbons (Fsp3) is 0.429. The Morgan fingerprint density at radius 3 is 2.70 bits per heavy atom. The lowest BCUT2D eigenvalue weighted by Gasteiger charge is -2.20. The molecule has 6 heteroatoms. The molecule has 1 N–H and O–H groups in total. The van der Waals surface area contributed by atoms with E-state index in [-0.39, 0.29) is 18.1 Å². The van der Waals surface area contributed by atoms with E-state index in [2.05, 4.69) is 5.32 Å². The lowest BCUT2D eigenvalue weighted by molar-refractivity contribution is -0.125. The van der Waals surface area contributed by atoms with Crippen molar-refractivity contribution < 1.29 is 14.3 Å². The van der Waals surface area contributed by atoms with E-state index in [0.717, 1.165) is 10.2 Å². The number of nitrogens with zero attached hydrogens (tertiary/aromatic N) is 1. The Kier molecular flexibility index (Phi) is 3.85. The number of nitrogens with one attached hydrogen (secondary N) is 1. The summed E-state index contributed by atoms with van der Waals surface area (Å²) in [5.41, 5.74) is 1.10. The first-order valence-electron chi connectivity index (χ1n) is 6.29. The molecule has 1 amide bonds. The minimum Gasteiger partial charge on any atom is -0.451 e. The van der Waals surface area contributed by atoms with E-state index in [4.69, 9.17) is 4.74 Å². The van der Waals surface area contributed by atoms with Gasteiger partial charge < -0.3 is 14.6 Å². The van der Waals surface area contributed by atoms with Gasteiger partial charge >= 0.3 is 5.97 Å². The average Bonchev–Trinajstić information content (AvgIpc) is 2.87. The molecule has 2 rings (SSSR count). The molecule has 2 heterocycles. The standard InChI is InChI=1S/C14H18N2O3S/c1-14(2,3)15-12(17)8-19-13(18)10-7-11-9(16(10)4)5-6-20-11/h5-7H,8H2,1-4H3,(H,15,17). The van der Waals surface area contributed by atoms with Crippen molar-refractivity contribution in [1.29, 1.82) is 0 Å². The number of hydrogen-bond donors (Lipinski definition) is 1. The van der Waals surface area contributed by atoms with Crippen LogP contribution in [0.2, 0.25) is 0 Å². The fourth-order valence-corrected chi connectivity index (χ4v) is 2.75. The summed E-state index contributed by atoms with van der Waals surface area (Å²) in [7, 11) is 1.81. The zero-order chi connectivity index (χ0) is 14.9. The molecule has 0 saturated heterocycles. The summed E-state index contributed by atoms with van der Waals surface area (Å²) < 4.78 is 7.85. The van der Waals surface area contributed by atoms with Crippen molar-refractivity contribution in [3.8, 4) is 0 Å². The maximum Gasteiger partial charge on any atom is 0.355 e. The van der Waals surface area contributed by atoms with Crippen LogP contribution >= 0.6 is 11.3 Å². The van der Waals surface area contributed by atoms with Crippen LogP contribution in [0.5, 0.6) is 0 Å². The van der Waals surface area contributed by atoms with Crippen molar-refractivity contribution in [2.75, 3.05) is 6.61 Å². The molecule has 0 aliphatic heterocycles. The van der Waals surface area contributed by atoms with Gasteiger partial charge in [-0.05, 0) is 38.3 Å². The van der Waals surface area contributed by atoms with Gasteiger partial charge in [-0.2, -0.15) is 0 Å². The third-order valence-corrected chi connectivity index (χ3v) is 3.57. The number of amides is 1. The van der Waals surface area contributed by atoms with E-state index in [0.29, 0.717) is 5.69 Å². The molecule has 2 aromatic heterocycles. The van der Waals surface area contributed by atoms with E-state index >= 15 is 0 Å². The third-order valence-electron chi connectivity index (χ3n) is 2.72. The fourth-order valence-electron chi connectivity index (χ4n) is 1.91. The minimum absolute atomic E-state index is 0.269. The Morgan fingerprint density at radius 2 is 2.10 bits per heavy atom. The van der Waals surface area contributed by atoms with Crippen molar-refractivity contribution in [2.24, 2.45) is 7.05 Å². The number of ether oxygens (including phenoxy) is 1. The smallest absolute Gasteiger partial charge is 0.355 e. The van der Waals surface area contributed by atoms with Gasteiger partial charge in [0.05, 0.1) is 10.2 Å². The molecule has 0 aromatic carbocycles. The summed E-state index contributed by atoms with van der Waals surface area (Å²) in [6.45, 7) is 5.35. The number of esters is 1. The largest absolute Gasteiger partial charge is 0.451 e. The predicted molar refractivity (Wildman–Crippen MR) is 79.0 cm³/mol. The van der Waals surface area contributed by atoms with Crippen molar-refractivity contribution in [3.63, 3.8) is 0 Å². The lowest BCUT2D eigenvalue weighted by Crippen LogP contribution is -2.42. The Hall–Kier alpha value is -1.82. The Labute approximate surface area is 121 Å². The van der Waals surface area contributed by atoms with E-state index in [1.165, 1.54) is 0 Å². The third kappa shape index (κ3) is 3.19. The van der Waals surface area contributed by atoms with Crippen molar-refractivity contribution in [2.45, 2.75) is 26.3 Å². The molecule has 2 aromatic rings. The van der Waals surface area contributed by atoms with Crippen molar-refractivity contribution in [3.05, 3.63) is 23.2 Å². The molecular formula is C14H18N2O3S. The first-order valence-corrected chi connectivity index (χ1v) is 7.17. The summed E-state index contributed by atoms with van der Waals surface area (Å²) in [4.78, 5) is 23.6. The summed E-state index contributed by atoms with van der Waals surface area (Å²) in [6, 6.07) is 3.73. The number of aromatic nitrogens is 1. The van der Waals surface area contributed by atoms with Gasteiger partial charge in [-0.25, -0.2) is 4.79 Å². The van der Waals surface area contributed by atoms with Crippen LogP contribution < -0.4 is 5.32 Å². The number of rotatable bonds is 3. The van der Waals surface area contributed by atoms with Crippen LogP contribution in [0.15, 0.2) is 17.5 Å². The molecule has 0 atom stereocenters. The summed E-state index contributed by atoms with van der Waals surface area (Å²) >= 11 is 1.56. The highest BCUT2D eigenvalue weighted by atomic mass is 32.1. The second kappa shape index (κ2) is 5.28. The van der Waals surface area contributed by atoms with Crippen molar-refractivity contribution in [1.82, 2.24) is 9.88 Å². The summed E-state index contributed by atoms with van der Waals surface area (Å²) in [5, 5.41) is 4.71. The zero-order valence-corrected chi connectivity index (χ0v) is 12.8. The predicted octanol–water partition coefficient (Wildman–Crippen LogP) is 2.31. The van der Waals surface area contributed by atoms with E-state index in [1.54, 1.807) is 29.0 Å². The quantitative estimate of drug-likeness (QED) is 0.884. The molecule has 0 spiro atoms. The second-order valence-corrected chi connectivity index (χ2v) is 6.58. The van der Waals surface area contributed by atoms with Gasteiger partial charge in [0.1, 0.15) is 5.69 Å². The van der Waals surface area contributed by atoms with Crippen LogP contribution in [0.4, 0.5) is 0 Å². The summed E-state index contributed by atoms with van der Waals surface area (Å²) in [5.74, 6) is -0.790. The van der Waals surface area contributed by atoms with E-state index in [9.17, 15) is 9.59 Å². The number of fused-ring (bicyclic) bond motifs is 1.